The highest BCUT2D eigenvalue weighted by Gasteiger charge is 2.16. The molecule has 172 valence electrons. The van der Waals surface area contributed by atoms with Gasteiger partial charge in [0.1, 0.15) is 23.4 Å². The van der Waals surface area contributed by atoms with Crippen LogP contribution >= 0.6 is 11.6 Å². The minimum Gasteiger partial charge on any atom is -0.462 e. The Morgan fingerprint density at radius 1 is 1.09 bits per heavy atom. The maximum atomic E-state index is 12.3. The van der Waals surface area contributed by atoms with E-state index in [1.54, 1.807) is 13.0 Å². The Balaban J connectivity index is 1.62. The summed E-state index contributed by atoms with van der Waals surface area (Å²) >= 11 is 6.21. The van der Waals surface area contributed by atoms with E-state index in [1.165, 1.54) is 24.5 Å². The van der Waals surface area contributed by atoms with Crippen LogP contribution in [0.1, 0.15) is 22.8 Å². The Labute approximate surface area is 194 Å². The maximum absolute atomic E-state index is 12.3. The molecular formula is C21H22ClN7O4. The fourth-order valence-corrected chi connectivity index (χ4v) is 2.95. The monoisotopic (exact) mass is 471 g/mol. The van der Waals surface area contributed by atoms with Crippen molar-refractivity contribution in [2.75, 3.05) is 35.6 Å². The van der Waals surface area contributed by atoms with Crippen LogP contribution in [-0.4, -0.2) is 45.5 Å². The minimum absolute atomic E-state index is 0.0782. The van der Waals surface area contributed by atoms with Crippen LogP contribution < -0.4 is 16.0 Å². The number of carbonyl (C=O) groups excluding carboxylic acids is 1. The van der Waals surface area contributed by atoms with Crippen LogP contribution in [0, 0.1) is 10.1 Å². The van der Waals surface area contributed by atoms with Gasteiger partial charge in [-0.2, -0.15) is 4.98 Å². The number of hydrogen-bond donors (Lipinski definition) is 3. The molecule has 3 rings (SSSR count). The molecule has 0 bridgehead atoms. The van der Waals surface area contributed by atoms with Crippen molar-refractivity contribution >= 4 is 40.8 Å². The van der Waals surface area contributed by atoms with Crippen molar-refractivity contribution in [2.45, 2.75) is 13.5 Å². The Morgan fingerprint density at radius 3 is 2.58 bits per heavy atom. The molecule has 0 saturated heterocycles. The first-order valence-corrected chi connectivity index (χ1v) is 10.5. The zero-order valence-corrected chi connectivity index (χ0v) is 18.5. The number of rotatable bonds is 11. The largest absolute Gasteiger partial charge is 0.462 e. The highest BCUT2D eigenvalue weighted by molar-refractivity contribution is 6.31. The number of ether oxygens (including phenoxy) is 1. The molecule has 0 aliphatic heterocycles. The standard InChI is InChI=1S/C21H22ClN7O4/c1-2-33-20(30)16-13-27-21(28-19(16)26-11-14-5-3-4-6-17(14)22)24-10-9-23-18-8-7-15(12-25-18)29(31)32/h3-8,12-13H,2,9-11H2,1H3,(H,23,25)(H2,24,26,27,28). The molecule has 1 aromatic carbocycles. The second-order valence-electron chi connectivity index (χ2n) is 6.63. The van der Waals surface area contributed by atoms with Gasteiger partial charge >= 0.3 is 5.97 Å². The molecule has 3 aromatic rings. The lowest BCUT2D eigenvalue weighted by Gasteiger charge is -2.13. The number of nitro groups is 1. The van der Waals surface area contributed by atoms with Gasteiger partial charge in [0.2, 0.25) is 5.95 Å². The third-order valence-corrected chi connectivity index (χ3v) is 4.73. The summed E-state index contributed by atoms with van der Waals surface area (Å²) in [7, 11) is 0. The van der Waals surface area contributed by atoms with Crippen LogP contribution in [0.5, 0.6) is 0 Å². The third-order valence-electron chi connectivity index (χ3n) is 4.36. The van der Waals surface area contributed by atoms with E-state index in [4.69, 9.17) is 16.3 Å². The summed E-state index contributed by atoms with van der Waals surface area (Å²) in [6, 6.07) is 10.3. The fourth-order valence-electron chi connectivity index (χ4n) is 2.74. The lowest BCUT2D eigenvalue weighted by Crippen LogP contribution is -2.18. The van der Waals surface area contributed by atoms with Crippen molar-refractivity contribution in [3.05, 3.63) is 75.1 Å². The van der Waals surface area contributed by atoms with Gasteiger partial charge < -0.3 is 20.7 Å². The van der Waals surface area contributed by atoms with Gasteiger partial charge in [0.05, 0.1) is 11.5 Å². The van der Waals surface area contributed by atoms with Gasteiger partial charge in [-0.3, -0.25) is 10.1 Å². The molecule has 0 fully saturated rings. The molecule has 0 radical (unpaired) electrons. The topological polar surface area (TPSA) is 144 Å². The molecular weight excluding hydrogens is 450 g/mol. The van der Waals surface area contributed by atoms with Crippen LogP contribution in [0.25, 0.3) is 0 Å². The highest BCUT2D eigenvalue weighted by Crippen LogP contribution is 2.20. The molecule has 0 unspecified atom stereocenters. The summed E-state index contributed by atoms with van der Waals surface area (Å²) in [6.45, 7) is 3.19. The van der Waals surface area contributed by atoms with Crippen molar-refractivity contribution < 1.29 is 14.5 Å². The smallest absolute Gasteiger partial charge is 0.343 e. The van der Waals surface area contributed by atoms with Crippen LogP contribution in [0.15, 0.2) is 48.8 Å². The molecule has 0 saturated carbocycles. The molecule has 0 spiro atoms. The van der Waals surface area contributed by atoms with Crippen molar-refractivity contribution in [3.63, 3.8) is 0 Å². The molecule has 12 heteroatoms. The number of nitrogens with zero attached hydrogens (tertiary/aromatic N) is 4. The lowest BCUT2D eigenvalue weighted by atomic mass is 10.2. The number of benzene rings is 1. The van der Waals surface area contributed by atoms with E-state index >= 15 is 0 Å². The van der Waals surface area contributed by atoms with Gasteiger partial charge in [-0.25, -0.2) is 14.8 Å². The van der Waals surface area contributed by atoms with E-state index in [0.717, 1.165) is 5.56 Å². The SMILES string of the molecule is CCOC(=O)c1cnc(NCCNc2ccc([N+](=O)[O-])cn2)nc1NCc1ccccc1Cl. The highest BCUT2D eigenvalue weighted by atomic mass is 35.5. The number of halogens is 1. The summed E-state index contributed by atoms with van der Waals surface area (Å²) in [5.74, 6) is 0.596. The fraction of sp³-hybridized carbons (Fsp3) is 0.238. The van der Waals surface area contributed by atoms with Crippen LogP contribution in [-0.2, 0) is 11.3 Å². The second kappa shape index (κ2) is 11.6. The summed E-state index contributed by atoms with van der Waals surface area (Å²) < 4.78 is 5.09. The van der Waals surface area contributed by atoms with E-state index in [-0.39, 0.29) is 17.9 Å². The maximum Gasteiger partial charge on any atom is 0.343 e. The van der Waals surface area contributed by atoms with Gasteiger partial charge in [0.25, 0.3) is 5.69 Å². The van der Waals surface area contributed by atoms with Gasteiger partial charge in [0, 0.05) is 36.9 Å². The van der Waals surface area contributed by atoms with E-state index in [0.29, 0.717) is 42.2 Å². The van der Waals surface area contributed by atoms with Gasteiger partial charge in [-0.1, -0.05) is 29.8 Å². The van der Waals surface area contributed by atoms with E-state index in [1.807, 2.05) is 18.2 Å². The summed E-state index contributed by atoms with van der Waals surface area (Å²) in [5.41, 5.74) is 0.982. The molecule has 11 nitrogen and oxygen atoms in total. The molecule has 2 heterocycles. The van der Waals surface area contributed by atoms with Crippen molar-refractivity contribution in [2.24, 2.45) is 0 Å². The predicted molar refractivity (Wildman–Crippen MR) is 125 cm³/mol. The van der Waals surface area contributed by atoms with E-state index in [2.05, 4.69) is 30.9 Å². The van der Waals surface area contributed by atoms with Crippen molar-refractivity contribution in [3.8, 4) is 0 Å². The van der Waals surface area contributed by atoms with Crippen LogP contribution in [0.4, 0.5) is 23.3 Å². The quantitative estimate of drug-likeness (QED) is 0.163. The van der Waals surface area contributed by atoms with Gasteiger partial charge in [-0.05, 0) is 24.6 Å². The zero-order valence-electron chi connectivity index (χ0n) is 17.7. The lowest BCUT2D eigenvalue weighted by molar-refractivity contribution is -0.385. The Morgan fingerprint density at radius 2 is 1.88 bits per heavy atom. The predicted octanol–water partition coefficient (Wildman–Crippen LogP) is 3.75. The first kappa shape index (κ1) is 23.7. The van der Waals surface area contributed by atoms with Crippen LogP contribution in [0.3, 0.4) is 0 Å². The molecule has 2 aromatic heterocycles. The van der Waals surface area contributed by atoms with Gasteiger partial charge in [0.15, 0.2) is 0 Å². The molecule has 3 N–H and O–H groups in total. The number of aromatic nitrogens is 3. The first-order valence-electron chi connectivity index (χ1n) is 10.1. The summed E-state index contributed by atoms with van der Waals surface area (Å²) in [4.78, 5) is 35.0. The van der Waals surface area contributed by atoms with Gasteiger partial charge in [-0.15, -0.1) is 0 Å². The third kappa shape index (κ3) is 6.74. The number of hydrogen-bond acceptors (Lipinski definition) is 10. The average molecular weight is 472 g/mol. The molecule has 0 aliphatic carbocycles. The Kier molecular flexibility index (Phi) is 8.30. The Hall–Kier alpha value is -3.99. The molecule has 0 amide bonds. The number of pyridine rings is 1. The van der Waals surface area contributed by atoms with Crippen LogP contribution in [0.2, 0.25) is 5.02 Å². The summed E-state index contributed by atoms with van der Waals surface area (Å²) in [6.07, 6.45) is 2.58. The summed E-state index contributed by atoms with van der Waals surface area (Å²) in [5, 5.41) is 20.5. The number of nitrogens with one attached hydrogen (secondary N) is 3. The number of carbonyl (C=O) groups is 1. The molecule has 33 heavy (non-hydrogen) atoms. The second-order valence-corrected chi connectivity index (χ2v) is 7.04. The minimum atomic E-state index is -0.531. The van der Waals surface area contributed by atoms with Crippen molar-refractivity contribution in [1.82, 2.24) is 15.0 Å². The number of anilines is 3. The van der Waals surface area contributed by atoms with Crippen molar-refractivity contribution in [1.29, 1.82) is 0 Å². The first-order chi connectivity index (χ1) is 16.0. The Bertz CT molecular complexity index is 1110. The van der Waals surface area contributed by atoms with E-state index < -0.39 is 10.9 Å². The van der Waals surface area contributed by atoms with E-state index in [9.17, 15) is 14.9 Å². The molecule has 0 aliphatic rings. The normalized spacial score (nSPS) is 10.4. The molecule has 0 atom stereocenters. The average Bonchev–Trinajstić information content (AvgIpc) is 2.82. The number of esters is 1. The zero-order chi connectivity index (χ0) is 23.6.